The molecule has 4 rings (SSSR count). The first-order valence-corrected chi connectivity index (χ1v) is 12.6. The summed E-state index contributed by atoms with van der Waals surface area (Å²) in [7, 11) is 1.32. The molecule has 1 heterocycles. The topological polar surface area (TPSA) is 154 Å². The van der Waals surface area contributed by atoms with E-state index in [9.17, 15) is 29.8 Å². The minimum Gasteiger partial charge on any atom is -0.493 e. The maximum Gasteiger partial charge on any atom is 0.318 e. The summed E-state index contributed by atoms with van der Waals surface area (Å²) in [6.07, 6.45) is 1.33. The average Bonchev–Trinajstić information content (AvgIpc) is 2.88. The smallest absolute Gasteiger partial charge is 0.318 e. The Labute approximate surface area is 241 Å². The van der Waals surface area contributed by atoms with E-state index in [2.05, 4.69) is 37.2 Å². The van der Waals surface area contributed by atoms with Crippen molar-refractivity contribution in [2.75, 3.05) is 12.0 Å². The molecule has 1 aliphatic rings. The molecule has 1 aliphatic heterocycles. The van der Waals surface area contributed by atoms with Gasteiger partial charge in [-0.15, -0.1) is 0 Å². The number of nitro benzene ring substituents is 2. The second-order valence-corrected chi connectivity index (χ2v) is 9.89. The number of non-ortho nitro benzene ring substituents is 1. The van der Waals surface area contributed by atoms with Crippen molar-refractivity contribution in [3.63, 3.8) is 0 Å². The number of methoxy groups -OCH3 is 1. The molecule has 0 spiro atoms. The number of nitro groups is 2. The number of thiocarbonyl (C=S) groups is 1. The van der Waals surface area contributed by atoms with E-state index in [1.165, 1.54) is 30.2 Å². The summed E-state index contributed by atoms with van der Waals surface area (Å²) in [6, 6.07) is 12.7. The van der Waals surface area contributed by atoms with Gasteiger partial charge in [0, 0.05) is 10.5 Å². The highest BCUT2D eigenvalue weighted by Crippen LogP contribution is 2.43. The molecule has 3 aromatic rings. The lowest BCUT2D eigenvalue weighted by atomic mass is 10.1. The highest BCUT2D eigenvalue weighted by molar-refractivity contribution is 9.10. The number of anilines is 1. The lowest BCUT2D eigenvalue weighted by Crippen LogP contribution is -2.54. The Morgan fingerprint density at radius 3 is 2.28 bits per heavy atom. The third-order valence-electron chi connectivity index (χ3n) is 5.31. The largest absolute Gasteiger partial charge is 0.493 e. The van der Waals surface area contributed by atoms with E-state index in [1.54, 1.807) is 24.3 Å². The molecular weight excluding hydrogens is 664 g/mol. The van der Waals surface area contributed by atoms with Gasteiger partial charge in [0.1, 0.15) is 5.57 Å². The monoisotopic (exact) mass is 676 g/mol. The van der Waals surface area contributed by atoms with Gasteiger partial charge in [-0.2, -0.15) is 0 Å². The van der Waals surface area contributed by atoms with Crippen LogP contribution in [0.15, 0.2) is 69.1 Å². The fraction of sp³-hybridized carbons (Fsp3) is 0.0417. The zero-order valence-electron chi connectivity index (χ0n) is 19.5. The Morgan fingerprint density at radius 1 is 0.974 bits per heavy atom. The number of nitrogens with one attached hydrogen (secondary N) is 1. The molecule has 0 atom stereocenters. The van der Waals surface area contributed by atoms with Crippen LogP contribution in [0.5, 0.6) is 17.2 Å². The number of halogens is 2. The summed E-state index contributed by atoms with van der Waals surface area (Å²) in [5.41, 5.74) is -0.509. The first-order chi connectivity index (χ1) is 18.5. The predicted octanol–water partition coefficient (Wildman–Crippen LogP) is 5.66. The molecule has 1 N–H and O–H groups in total. The van der Waals surface area contributed by atoms with Gasteiger partial charge < -0.3 is 9.47 Å². The van der Waals surface area contributed by atoms with Gasteiger partial charge >= 0.3 is 5.69 Å². The number of hydrogen-bond donors (Lipinski definition) is 1. The summed E-state index contributed by atoms with van der Waals surface area (Å²) < 4.78 is 12.1. The fourth-order valence-electron chi connectivity index (χ4n) is 3.53. The first-order valence-electron chi connectivity index (χ1n) is 10.7. The zero-order chi connectivity index (χ0) is 28.4. The molecule has 0 radical (unpaired) electrons. The SMILES string of the molecule is COc1cc(/C=C2\C(=O)NC(=S)N(c3ccc(Br)cc3)C2=O)cc(Br)c1Oc1ccc([N+](=O)[O-])cc1[N+](=O)[O-]. The lowest BCUT2D eigenvalue weighted by Gasteiger charge is -2.29. The van der Waals surface area contributed by atoms with Crippen molar-refractivity contribution in [3.8, 4) is 17.2 Å². The van der Waals surface area contributed by atoms with Crippen LogP contribution in [-0.4, -0.2) is 33.9 Å². The fourth-order valence-corrected chi connectivity index (χ4v) is 4.62. The van der Waals surface area contributed by atoms with E-state index in [0.29, 0.717) is 11.3 Å². The standard InChI is InChI=1S/C24H14Br2N4O8S/c1-37-20-10-12(8-16-22(31)27-24(39)28(23(16)32)14-4-2-13(25)3-5-14)9-17(26)21(20)38-19-7-6-15(29(33)34)11-18(19)30(35)36/h2-11H,1H3,(H,27,31,39)/b16-8+. The summed E-state index contributed by atoms with van der Waals surface area (Å²) in [6.45, 7) is 0. The van der Waals surface area contributed by atoms with Crippen molar-refractivity contribution < 1.29 is 28.9 Å². The number of benzene rings is 3. The van der Waals surface area contributed by atoms with Crippen LogP contribution in [0.2, 0.25) is 0 Å². The third kappa shape index (κ3) is 5.79. The summed E-state index contributed by atoms with van der Waals surface area (Å²) in [5.74, 6) is -1.50. The Hall–Kier alpha value is -4.21. The zero-order valence-corrected chi connectivity index (χ0v) is 23.5. The van der Waals surface area contributed by atoms with Gasteiger partial charge in [-0.3, -0.25) is 40.0 Å². The van der Waals surface area contributed by atoms with E-state index < -0.39 is 33.0 Å². The van der Waals surface area contributed by atoms with Gasteiger partial charge in [-0.05, 0) is 82.3 Å². The Bertz CT molecular complexity index is 1590. The maximum atomic E-state index is 13.3. The van der Waals surface area contributed by atoms with Crippen molar-refractivity contribution in [3.05, 3.63) is 94.9 Å². The molecule has 1 saturated heterocycles. The Balaban J connectivity index is 1.71. The summed E-state index contributed by atoms with van der Waals surface area (Å²) >= 11 is 11.9. The molecule has 2 amide bonds. The molecular formula is C24H14Br2N4O8S. The normalized spacial score (nSPS) is 14.3. The molecule has 0 aromatic heterocycles. The number of carbonyl (C=O) groups excluding carboxylic acids is 2. The van der Waals surface area contributed by atoms with Gasteiger partial charge in [0.15, 0.2) is 16.6 Å². The number of hydrogen-bond acceptors (Lipinski definition) is 9. The molecule has 0 bridgehead atoms. The number of rotatable bonds is 7. The second kappa shape index (κ2) is 11.3. The number of carbonyl (C=O) groups is 2. The molecule has 15 heteroatoms. The van der Waals surface area contributed by atoms with Crippen LogP contribution in [0.4, 0.5) is 17.1 Å². The molecule has 0 aliphatic carbocycles. The minimum atomic E-state index is -0.809. The lowest BCUT2D eigenvalue weighted by molar-refractivity contribution is -0.394. The molecule has 12 nitrogen and oxygen atoms in total. The highest BCUT2D eigenvalue weighted by Gasteiger charge is 2.34. The number of nitrogens with zero attached hydrogens (tertiary/aromatic N) is 3. The summed E-state index contributed by atoms with van der Waals surface area (Å²) in [5, 5.41) is 24.9. The highest BCUT2D eigenvalue weighted by atomic mass is 79.9. The summed E-state index contributed by atoms with van der Waals surface area (Å²) in [4.78, 5) is 48.1. The van der Waals surface area contributed by atoms with Gasteiger partial charge in [0.05, 0.1) is 33.2 Å². The van der Waals surface area contributed by atoms with Crippen LogP contribution >= 0.6 is 44.1 Å². The van der Waals surface area contributed by atoms with Gasteiger partial charge in [-0.1, -0.05) is 15.9 Å². The quantitative estimate of drug-likeness (QED) is 0.110. The van der Waals surface area contributed by atoms with Crippen LogP contribution < -0.4 is 19.7 Å². The van der Waals surface area contributed by atoms with Crippen molar-refractivity contribution >= 4 is 84.1 Å². The van der Waals surface area contributed by atoms with Crippen molar-refractivity contribution in [1.29, 1.82) is 0 Å². The van der Waals surface area contributed by atoms with Crippen LogP contribution in [0.25, 0.3) is 6.08 Å². The van der Waals surface area contributed by atoms with Gasteiger partial charge in [0.25, 0.3) is 17.5 Å². The molecule has 0 unspecified atom stereocenters. The average molecular weight is 678 g/mol. The first kappa shape index (κ1) is 27.8. The minimum absolute atomic E-state index is 0.0219. The van der Waals surface area contributed by atoms with Gasteiger partial charge in [-0.25, -0.2) is 0 Å². The Morgan fingerprint density at radius 2 is 1.67 bits per heavy atom. The van der Waals surface area contributed by atoms with Crippen molar-refractivity contribution in [2.45, 2.75) is 0 Å². The predicted molar refractivity (Wildman–Crippen MR) is 151 cm³/mol. The van der Waals surface area contributed by atoms with Crippen LogP contribution in [0.3, 0.4) is 0 Å². The third-order valence-corrected chi connectivity index (χ3v) is 6.71. The molecule has 1 fully saturated rings. The van der Waals surface area contributed by atoms with E-state index >= 15 is 0 Å². The van der Waals surface area contributed by atoms with Crippen molar-refractivity contribution in [1.82, 2.24) is 5.32 Å². The van der Waals surface area contributed by atoms with Crippen LogP contribution in [0.1, 0.15) is 5.56 Å². The van der Waals surface area contributed by atoms with Crippen molar-refractivity contribution in [2.24, 2.45) is 0 Å². The maximum absolute atomic E-state index is 13.3. The van der Waals surface area contributed by atoms with E-state index in [1.807, 2.05) is 0 Å². The molecule has 198 valence electrons. The van der Waals surface area contributed by atoms with E-state index in [4.69, 9.17) is 21.7 Å². The molecule has 3 aromatic carbocycles. The number of ether oxygens (including phenoxy) is 2. The van der Waals surface area contributed by atoms with Crippen LogP contribution in [-0.2, 0) is 9.59 Å². The molecule has 39 heavy (non-hydrogen) atoms. The van der Waals surface area contributed by atoms with E-state index in [-0.39, 0.29) is 32.4 Å². The van der Waals surface area contributed by atoms with Gasteiger partial charge in [0.2, 0.25) is 5.75 Å². The molecule has 0 saturated carbocycles. The second-order valence-electron chi connectivity index (χ2n) is 7.74. The Kier molecular flexibility index (Phi) is 8.03. The number of amides is 2. The van der Waals surface area contributed by atoms with E-state index in [0.717, 1.165) is 22.7 Å². The van der Waals surface area contributed by atoms with Crippen LogP contribution in [0, 0.1) is 20.2 Å².